The van der Waals surface area contributed by atoms with Gasteiger partial charge in [-0.15, -0.1) is 0 Å². The Kier molecular flexibility index (Phi) is 3.03. The summed E-state index contributed by atoms with van der Waals surface area (Å²) in [5.74, 6) is -2.31. The number of alkyl halides is 3. The van der Waals surface area contributed by atoms with Gasteiger partial charge in [-0.2, -0.15) is 13.2 Å². The Morgan fingerprint density at radius 3 is 2.27 bits per heavy atom. The maximum Gasteiger partial charge on any atom is 0.417 e. The molecule has 2 nitrogen and oxygen atoms in total. The van der Waals surface area contributed by atoms with Gasteiger partial charge in [0.2, 0.25) is 0 Å². The number of hydrogen-bond donors (Lipinski definition) is 1. The van der Waals surface area contributed by atoms with E-state index in [4.69, 9.17) is 5.73 Å². The normalized spacial score (nSPS) is 11.5. The molecule has 1 rings (SSSR count). The second-order valence-electron chi connectivity index (χ2n) is 2.65. The predicted octanol–water partition coefficient (Wildman–Crippen LogP) is 2.71. The standard InChI is InChI=1S/C8H4BrF4NO/c9-6-4(10)2-1-3(8(11,12)13)5(6)7(14)15/h1-2H,(H2,14,15). The number of carbonyl (C=O) groups excluding carboxylic acids is 1. The van der Waals surface area contributed by atoms with E-state index in [1.54, 1.807) is 0 Å². The van der Waals surface area contributed by atoms with Crippen molar-refractivity contribution in [3.63, 3.8) is 0 Å². The molecule has 0 aromatic heterocycles. The first-order chi connectivity index (χ1) is 6.75. The minimum atomic E-state index is -4.75. The fraction of sp³-hybridized carbons (Fsp3) is 0.125. The summed E-state index contributed by atoms with van der Waals surface area (Å²) in [5.41, 5.74) is 2.58. The Balaban J connectivity index is 3.55. The van der Waals surface area contributed by atoms with Crippen LogP contribution in [0.2, 0.25) is 0 Å². The van der Waals surface area contributed by atoms with E-state index in [2.05, 4.69) is 15.9 Å². The molecular formula is C8H4BrF4NO. The van der Waals surface area contributed by atoms with Gasteiger partial charge in [-0.05, 0) is 28.1 Å². The van der Waals surface area contributed by atoms with Gasteiger partial charge in [0, 0.05) is 0 Å². The number of rotatable bonds is 1. The number of nitrogens with two attached hydrogens (primary N) is 1. The highest BCUT2D eigenvalue weighted by Crippen LogP contribution is 2.35. The fourth-order valence-corrected chi connectivity index (χ4v) is 1.57. The van der Waals surface area contributed by atoms with E-state index in [0.717, 1.165) is 0 Å². The molecule has 1 aromatic carbocycles. The number of halogens is 5. The maximum atomic E-state index is 12.9. The number of carbonyl (C=O) groups is 1. The van der Waals surface area contributed by atoms with Crippen LogP contribution in [0.15, 0.2) is 16.6 Å². The minimum Gasteiger partial charge on any atom is -0.366 e. The Bertz CT molecular complexity index is 416. The summed E-state index contributed by atoms with van der Waals surface area (Å²) in [6.07, 6.45) is -4.75. The van der Waals surface area contributed by atoms with Crippen molar-refractivity contribution in [2.24, 2.45) is 5.73 Å². The van der Waals surface area contributed by atoms with Crippen LogP contribution in [0.5, 0.6) is 0 Å². The molecule has 0 aliphatic rings. The van der Waals surface area contributed by atoms with Crippen molar-refractivity contribution < 1.29 is 22.4 Å². The Morgan fingerprint density at radius 1 is 1.33 bits per heavy atom. The number of benzene rings is 1. The average Bonchev–Trinajstić information content (AvgIpc) is 2.06. The smallest absolute Gasteiger partial charge is 0.366 e. The zero-order valence-electron chi connectivity index (χ0n) is 7.03. The quantitative estimate of drug-likeness (QED) is 0.792. The van der Waals surface area contributed by atoms with Crippen LogP contribution in [0.25, 0.3) is 0 Å². The SMILES string of the molecule is NC(=O)c1c(C(F)(F)F)ccc(F)c1Br. The van der Waals surface area contributed by atoms with E-state index in [1.165, 1.54) is 0 Å². The van der Waals surface area contributed by atoms with Crippen molar-refractivity contribution in [1.29, 1.82) is 0 Å². The topological polar surface area (TPSA) is 43.1 Å². The maximum absolute atomic E-state index is 12.9. The molecule has 1 amide bonds. The molecule has 0 radical (unpaired) electrons. The molecule has 82 valence electrons. The van der Waals surface area contributed by atoms with Crippen molar-refractivity contribution >= 4 is 21.8 Å². The molecule has 0 spiro atoms. The molecule has 2 N–H and O–H groups in total. The molecule has 0 saturated heterocycles. The van der Waals surface area contributed by atoms with Crippen LogP contribution < -0.4 is 5.73 Å². The van der Waals surface area contributed by atoms with Crippen molar-refractivity contribution in [1.82, 2.24) is 0 Å². The summed E-state index contributed by atoms with van der Waals surface area (Å²) in [6.45, 7) is 0. The van der Waals surface area contributed by atoms with Crippen LogP contribution in [-0.4, -0.2) is 5.91 Å². The van der Waals surface area contributed by atoms with Gasteiger partial charge in [0.15, 0.2) is 0 Å². The molecule has 0 atom stereocenters. The number of primary amides is 1. The van der Waals surface area contributed by atoms with Gasteiger partial charge in [-0.1, -0.05) is 0 Å². The lowest BCUT2D eigenvalue weighted by Crippen LogP contribution is -2.20. The van der Waals surface area contributed by atoms with Crippen LogP contribution in [0, 0.1) is 5.82 Å². The third-order valence-corrected chi connectivity index (χ3v) is 2.42. The monoisotopic (exact) mass is 285 g/mol. The largest absolute Gasteiger partial charge is 0.417 e. The molecule has 1 aromatic rings. The summed E-state index contributed by atoms with van der Waals surface area (Å²) >= 11 is 2.55. The van der Waals surface area contributed by atoms with Crippen molar-refractivity contribution in [2.45, 2.75) is 6.18 Å². The summed E-state index contributed by atoms with van der Waals surface area (Å²) in [6, 6.07) is 1.08. The molecule has 0 fully saturated rings. The van der Waals surface area contributed by atoms with Gasteiger partial charge < -0.3 is 5.73 Å². The molecule has 0 heterocycles. The Morgan fingerprint density at radius 2 is 1.87 bits per heavy atom. The molecule has 7 heteroatoms. The summed E-state index contributed by atoms with van der Waals surface area (Å²) in [4.78, 5) is 10.8. The van der Waals surface area contributed by atoms with Gasteiger partial charge >= 0.3 is 6.18 Å². The average molecular weight is 286 g/mol. The van der Waals surface area contributed by atoms with Gasteiger partial charge in [0.25, 0.3) is 5.91 Å². The predicted molar refractivity (Wildman–Crippen MR) is 47.6 cm³/mol. The van der Waals surface area contributed by atoms with Crippen LogP contribution in [-0.2, 0) is 6.18 Å². The van der Waals surface area contributed by atoms with Crippen LogP contribution >= 0.6 is 15.9 Å². The zero-order chi connectivity index (χ0) is 11.8. The lowest BCUT2D eigenvalue weighted by Gasteiger charge is -2.12. The van der Waals surface area contributed by atoms with Gasteiger partial charge in [0.1, 0.15) is 5.82 Å². The third kappa shape index (κ3) is 2.28. The van der Waals surface area contributed by atoms with Crippen molar-refractivity contribution in [2.75, 3.05) is 0 Å². The lowest BCUT2D eigenvalue weighted by molar-refractivity contribution is -0.138. The second-order valence-corrected chi connectivity index (χ2v) is 3.44. The molecule has 0 saturated carbocycles. The van der Waals surface area contributed by atoms with Crippen LogP contribution in [0.3, 0.4) is 0 Å². The van der Waals surface area contributed by atoms with Crippen molar-refractivity contribution in [3.05, 3.63) is 33.5 Å². The van der Waals surface area contributed by atoms with Gasteiger partial charge in [0.05, 0.1) is 15.6 Å². The molecular weight excluding hydrogens is 282 g/mol. The first-order valence-electron chi connectivity index (χ1n) is 3.60. The fourth-order valence-electron chi connectivity index (χ4n) is 1.03. The lowest BCUT2D eigenvalue weighted by atomic mass is 10.1. The molecule has 0 unspecified atom stereocenters. The van der Waals surface area contributed by atoms with Crippen molar-refractivity contribution in [3.8, 4) is 0 Å². The highest BCUT2D eigenvalue weighted by Gasteiger charge is 2.36. The summed E-state index contributed by atoms with van der Waals surface area (Å²) in [5, 5.41) is 0. The highest BCUT2D eigenvalue weighted by atomic mass is 79.9. The summed E-state index contributed by atoms with van der Waals surface area (Å²) < 4.78 is 49.4. The van der Waals surface area contributed by atoms with E-state index in [0.29, 0.717) is 12.1 Å². The molecule has 15 heavy (non-hydrogen) atoms. The minimum absolute atomic E-state index is 0.472. The van der Waals surface area contributed by atoms with Crippen LogP contribution in [0.4, 0.5) is 17.6 Å². The Hall–Kier alpha value is -1.11. The second kappa shape index (κ2) is 3.80. The third-order valence-electron chi connectivity index (χ3n) is 1.65. The summed E-state index contributed by atoms with van der Waals surface area (Å²) in [7, 11) is 0. The van der Waals surface area contributed by atoms with E-state index in [9.17, 15) is 22.4 Å². The first kappa shape index (κ1) is 12.0. The van der Waals surface area contributed by atoms with Gasteiger partial charge in [-0.25, -0.2) is 4.39 Å². The number of amides is 1. The zero-order valence-corrected chi connectivity index (χ0v) is 8.62. The molecule has 0 aliphatic carbocycles. The van der Waals surface area contributed by atoms with E-state index >= 15 is 0 Å². The van der Waals surface area contributed by atoms with E-state index < -0.39 is 33.5 Å². The highest BCUT2D eigenvalue weighted by molar-refractivity contribution is 9.10. The Labute approximate surface area is 90.2 Å². The first-order valence-corrected chi connectivity index (χ1v) is 4.39. The number of hydrogen-bond acceptors (Lipinski definition) is 1. The molecule has 0 aliphatic heterocycles. The van der Waals surface area contributed by atoms with Gasteiger partial charge in [-0.3, -0.25) is 4.79 Å². The molecule has 0 bridgehead atoms. The van der Waals surface area contributed by atoms with E-state index in [1.807, 2.05) is 0 Å². The van der Waals surface area contributed by atoms with E-state index in [-0.39, 0.29) is 0 Å². The van der Waals surface area contributed by atoms with Crippen LogP contribution in [0.1, 0.15) is 15.9 Å².